The quantitative estimate of drug-likeness (QED) is 0.895. The van der Waals surface area contributed by atoms with Gasteiger partial charge in [0.15, 0.2) is 0 Å². The van der Waals surface area contributed by atoms with Crippen LogP contribution in [0, 0.1) is 5.82 Å². The fourth-order valence-corrected chi connectivity index (χ4v) is 2.73. The number of likely N-dealkylation sites (N-methyl/N-ethyl adjacent to an activating group) is 1. The van der Waals surface area contributed by atoms with Crippen LogP contribution in [0.15, 0.2) is 48.5 Å². The lowest BCUT2D eigenvalue weighted by Gasteiger charge is -2.24. The van der Waals surface area contributed by atoms with Crippen LogP contribution in [0.3, 0.4) is 0 Å². The Balaban J connectivity index is 1.89. The highest BCUT2D eigenvalue weighted by Crippen LogP contribution is 2.32. The second-order valence-electron chi connectivity index (χ2n) is 5.27. The number of nitrogens with one attached hydrogen (secondary N) is 2. The van der Waals surface area contributed by atoms with E-state index in [1.807, 2.05) is 24.3 Å². The van der Waals surface area contributed by atoms with Gasteiger partial charge in [0.25, 0.3) is 0 Å². The van der Waals surface area contributed by atoms with E-state index >= 15 is 0 Å². The molecule has 5 nitrogen and oxygen atoms in total. The van der Waals surface area contributed by atoms with Gasteiger partial charge in [-0.15, -0.1) is 0 Å². The Morgan fingerprint density at radius 3 is 2.52 bits per heavy atom. The van der Waals surface area contributed by atoms with E-state index in [0.717, 1.165) is 5.56 Å². The van der Waals surface area contributed by atoms with Crippen molar-refractivity contribution in [2.24, 2.45) is 0 Å². The number of amides is 3. The molecule has 2 aromatic carbocycles. The Hall–Kier alpha value is -2.89. The number of fused-ring (bicyclic) bond motifs is 1. The summed E-state index contributed by atoms with van der Waals surface area (Å²) in [6.45, 7) is 0. The molecule has 0 radical (unpaired) electrons. The van der Waals surface area contributed by atoms with Gasteiger partial charge >= 0.3 is 6.03 Å². The maximum atomic E-state index is 13.0. The lowest BCUT2D eigenvalue weighted by molar-refractivity contribution is -0.121. The third-order valence-corrected chi connectivity index (χ3v) is 3.84. The molecule has 0 aliphatic carbocycles. The molecule has 0 unspecified atom stereocenters. The van der Waals surface area contributed by atoms with Gasteiger partial charge in [-0.25, -0.2) is 9.18 Å². The van der Waals surface area contributed by atoms with Crippen molar-refractivity contribution >= 4 is 23.3 Å². The van der Waals surface area contributed by atoms with Gasteiger partial charge < -0.3 is 10.6 Å². The summed E-state index contributed by atoms with van der Waals surface area (Å²) in [5, 5.41) is 5.29. The minimum absolute atomic E-state index is 0.226. The highest BCUT2D eigenvalue weighted by atomic mass is 19.1. The van der Waals surface area contributed by atoms with Crippen LogP contribution in [0.4, 0.5) is 20.6 Å². The number of urea groups is 1. The second kappa shape index (κ2) is 6.08. The zero-order chi connectivity index (χ0) is 16.4. The summed E-state index contributed by atoms with van der Waals surface area (Å²) in [7, 11) is 1.54. The van der Waals surface area contributed by atoms with Gasteiger partial charge in [0.05, 0.1) is 0 Å². The minimum Gasteiger partial charge on any atom is -0.357 e. The first-order valence-electron chi connectivity index (χ1n) is 7.25. The maximum absolute atomic E-state index is 13.0. The molecule has 1 heterocycles. The molecule has 0 spiro atoms. The summed E-state index contributed by atoms with van der Waals surface area (Å²) < 4.78 is 13.0. The van der Waals surface area contributed by atoms with Crippen molar-refractivity contribution in [3.05, 3.63) is 59.9 Å². The molecular formula is C17H16FN3O2. The summed E-state index contributed by atoms with van der Waals surface area (Å²) >= 11 is 0. The Labute approximate surface area is 133 Å². The Morgan fingerprint density at radius 2 is 1.83 bits per heavy atom. The van der Waals surface area contributed by atoms with E-state index < -0.39 is 12.1 Å². The van der Waals surface area contributed by atoms with Gasteiger partial charge in [0, 0.05) is 24.8 Å². The van der Waals surface area contributed by atoms with Crippen molar-refractivity contribution in [1.29, 1.82) is 0 Å². The lowest BCUT2D eigenvalue weighted by Crippen LogP contribution is -2.48. The molecule has 118 valence electrons. The van der Waals surface area contributed by atoms with Crippen molar-refractivity contribution in [1.82, 2.24) is 5.32 Å². The number of carbonyl (C=O) groups excluding carboxylic acids is 2. The molecule has 0 aromatic heterocycles. The van der Waals surface area contributed by atoms with E-state index in [-0.39, 0.29) is 11.7 Å². The second-order valence-corrected chi connectivity index (χ2v) is 5.27. The van der Waals surface area contributed by atoms with Crippen molar-refractivity contribution in [2.75, 3.05) is 17.3 Å². The molecule has 0 bridgehead atoms. The maximum Gasteiger partial charge on any atom is 0.327 e. The van der Waals surface area contributed by atoms with Crippen LogP contribution in [0.2, 0.25) is 0 Å². The topological polar surface area (TPSA) is 61.4 Å². The average molecular weight is 313 g/mol. The number of hydrogen-bond acceptors (Lipinski definition) is 2. The predicted octanol–water partition coefficient (Wildman–Crippen LogP) is 2.53. The number of hydrogen-bond donors (Lipinski definition) is 2. The summed E-state index contributed by atoms with van der Waals surface area (Å²) in [4.78, 5) is 26.2. The van der Waals surface area contributed by atoms with Crippen LogP contribution in [0.5, 0.6) is 0 Å². The van der Waals surface area contributed by atoms with Crippen LogP contribution in [0.1, 0.15) is 5.56 Å². The molecular weight excluding hydrogens is 297 g/mol. The predicted molar refractivity (Wildman–Crippen MR) is 85.9 cm³/mol. The fraction of sp³-hybridized carbons (Fsp3) is 0.176. The zero-order valence-corrected chi connectivity index (χ0v) is 12.5. The Morgan fingerprint density at radius 1 is 1.13 bits per heavy atom. The zero-order valence-electron chi connectivity index (χ0n) is 12.5. The average Bonchev–Trinajstić information content (AvgIpc) is 2.95. The SMILES string of the molecule is CNC(=O)[C@@H]1Cc2ccccc2N1C(=O)Nc1ccc(F)cc1. The van der Waals surface area contributed by atoms with E-state index in [0.29, 0.717) is 17.8 Å². The highest BCUT2D eigenvalue weighted by molar-refractivity contribution is 6.08. The largest absolute Gasteiger partial charge is 0.357 e. The number of nitrogens with zero attached hydrogens (tertiary/aromatic N) is 1. The molecule has 1 atom stereocenters. The van der Waals surface area contributed by atoms with E-state index in [1.54, 1.807) is 7.05 Å². The lowest BCUT2D eigenvalue weighted by atomic mass is 10.1. The van der Waals surface area contributed by atoms with E-state index in [2.05, 4.69) is 10.6 Å². The van der Waals surface area contributed by atoms with Gasteiger partial charge in [0.2, 0.25) is 5.91 Å². The molecule has 2 N–H and O–H groups in total. The summed E-state index contributed by atoms with van der Waals surface area (Å²) in [6, 6.07) is 11.9. The molecule has 1 aliphatic heterocycles. The number of para-hydroxylation sites is 1. The van der Waals surface area contributed by atoms with Crippen molar-refractivity contribution in [3.63, 3.8) is 0 Å². The number of anilines is 2. The molecule has 1 aliphatic rings. The van der Waals surface area contributed by atoms with Gasteiger partial charge in [-0.1, -0.05) is 18.2 Å². The Bertz CT molecular complexity index is 746. The number of halogens is 1. The smallest absolute Gasteiger partial charge is 0.327 e. The highest BCUT2D eigenvalue weighted by Gasteiger charge is 2.37. The number of carbonyl (C=O) groups is 2. The van der Waals surface area contributed by atoms with Crippen molar-refractivity contribution in [2.45, 2.75) is 12.5 Å². The normalized spacial score (nSPS) is 15.9. The van der Waals surface area contributed by atoms with E-state index in [9.17, 15) is 14.0 Å². The van der Waals surface area contributed by atoms with Crippen LogP contribution in [-0.2, 0) is 11.2 Å². The van der Waals surface area contributed by atoms with Gasteiger partial charge in [-0.05, 0) is 35.9 Å². The van der Waals surface area contributed by atoms with Crippen LogP contribution in [0.25, 0.3) is 0 Å². The van der Waals surface area contributed by atoms with Crippen LogP contribution >= 0.6 is 0 Å². The third kappa shape index (κ3) is 2.88. The summed E-state index contributed by atoms with van der Waals surface area (Å²) in [5.74, 6) is -0.604. The van der Waals surface area contributed by atoms with Crippen LogP contribution < -0.4 is 15.5 Å². The van der Waals surface area contributed by atoms with E-state index in [1.165, 1.54) is 29.2 Å². The fourth-order valence-electron chi connectivity index (χ4n) is 2.73. The Kier molecular flexibility index (Phi) is 3.97. The molecule has 3 amide bonds. The standard InChI is InChI=1S/C17H16FN3O2/c1-19-16(22)15-10-11-4-2-3-5-14(11)21(15)17(23)20-13-8-6-12(18)7-9-13/h2-9,15H,10H2,1H3,(H,19,22)(H,20,23)/t15-/m0/s1. The van der Waals surface area contributed by atoms with Crippen molar-refractivity contribution in [3.8, 4) is 0 Å². The molecule has 0 fully saturated rings. The first-order valence-corrected chi connectivity index (χ1v) is 7.25. The van der Waals surface area contributed by atoms with Crippen molar-refractivity contribution < 1.29 is 14.0 Å². The molecule has 6 heteroatoms. The summed E-state index contributed by atoms with van der Waals surface area (Å²) in [5.41, 5.74) is 2.12. The molecule has 2 aromatic rings. The monoisotopic (exact) mass is 313 g/mol. The first-order chi connectivity index (χ1) is 11.1. The minimum atomic E-state index is -0.599. The molecule has 23 heavy (non-hydrogen) atoms. The van der Waals surface area contributed by atoms with Crippen LogP contribution in [-0.4, -0.2) is 25.0 Å². The number of benzene rings is 2. The van der Waals surface area contributed by atoms with E-state index in [4.69, 9.17) is 0 Å². The molecule has 0 saturated heterocycles. The molecule has 0 saturated carbocycles. The van der Waals surface area contributed by atoms with Gasteiger partial charge in [0.1, 0.15) is 11.9 Å². The number of rotatable bonds is 2. The third-order valence-electron chi connectivity index (χ3n) is 3.84. The first kappa shape index (κ1) is 15.0. The summed E-state index contributed by atoms with van der Waals surface area (Å²) in [6.07, 6.45) is 0.465. The van der Waals surface area contributed by atoms with Gasteiger partial charge in [-0.3, -0.25) is 9.69 Å². The molecule has 3 rings (SSSR count). The van der Waals surface area contributed by atoms with Gasteiger partial charge in [-0.2, -0.15) is 0 Å².